The molecule has 0 spiro atoms. The van der Waals surface area contributed by atoms with Gasteiger partial charge >= 0.3 is 0 Å². The highest BCUT2D eigenvalue weighted by Crippen LogP contribution is 2.23. The molecule has 0 unspecified atom stereocenters. The Morgan fingerprint density at radius 1 is 1.12 bits per heavy atom. The third-order valence-electron chi connectivity index (χ3n) is 4.96. The van der Waals surface area contributed by atoms with Gasteiger partial charge in [-0.2, -0.15) is 0 Å². The standard InChI is InChI=1S/C21H24N2O2/c1-15-7-6-10-19(16(15)2)22-21(25)18-13-20(24)23(14-18)12-11-17-8-4-3-5-9-17/h3-10,18H,11-14H2,1-2H3,(H,22,25)/t18-/m0/s1. The Hall–Kier alpha value is -2.62. The zero-order valence-corrected chi connectivity index (χ0v) is 14.8. The van der Waals surface area contributed by atoms with Crippen molar-refractivity contribution in [2.24, 2.45) is 5.92 Å². The largest absolute Gasteiger partial charge is 0.342 e. The highest BCUT2D eigenvalue weighted by atomic mass is 16.2. The Morgan fingerprint density at radius 2 is 1.88 bits per heavy atom. The van der Waals surface area contributed by atoms with E-state index in [1.54, 1.807) is 4.90 Å². The molecule has 1 atom stereocenters. The molecule has 1 aliphatic rings. The first kappa shape index (κ1) is 17.2. The summed E-state index contributed by atoms with van der Waals surface area (Å²) in [7, 11) is 0. The molecular formula is C21H24N2O2. The molecule has 25 heavy (non-hydrogen) atoms. The van der Waals surface area contributed by atoms with Crippen LogP contribution in [0.2, 0.25) is 0 Å². The number of nitrogens with zero attached hydrogens (tertiary/aromatic N) is 1. The maximum atomic E-state index is 12.6. The Kier molecular flexibility index (Phi) is 5.17. The van der Waals surface area contributed by atoms with Crippen molar-refractivity contribution >= 4 is 17.5 Å². The number of rotatable bonds is 5. The van der Waals surface area contributed by atoms with Gasteiger partial charge in [-0.1, -0.05) is 42.5 Å². The second-order valence-electron chi connectivity index (χ2n) is 6.71. The van der Waals surface area contributed by atoms with Gasteiger partial charge in [-0.05, 0) is 43.0 Å². The summed E-state index contributed by atoms with van der Waals surface area (Å²) in [6.45, 7) is 5.19. The average molecular weight is 336 g/mol. The second-order valence-corrected chi connectivity index (χ2v) is 6.71. The molecule has 1 fully saturated rings. The van der Waals surface area contributed by atoms with Gasteiger partial charge < -0.3 is 10.2 Å². The topological polar surface area (TPSA) is 49.4 Å². The zero-order chi connectivity index (χ0) is 17.8. The molecule has 2 amide bonds. The van der Waals surface area contributed by atoms with E-state index in [0.29, 0.717) is 19.5 Å². The Balaban J connectivity index is 1.58. The third-order valence-corrected chi connectivity index (χ3v) is 4.96. The highest BCUT2D eigenvalue weighted by Gasteiger charge is 2.34. The number of amides is 2. The van der Waals surface area contributed by atoms with Gasteiger partial charge in [0.15, 0.2) is 0 Å². The smallest absolute Gasteiger partial charge is 0.229 e. The van der Waals surface area contributed by atoms with Crippen molar-refractivity contribution < 1.29 is 9.59 Å². The predicted molar refractivity (Wildman–Crippen MR) is 99.4 cm³/mol. The molecule has 130 valence electrons. The number of hydrogen-bond donors (Lipinski definition) is 1. The lowest BCUT2D eigenvalue weighted by atomic mass is 10.1. The third kappa shape index (κ3) is 4.08. The van der Waals surface area contributed by atoms with E-state index in [2.05, 4.69) is 17.4 Å². The van der Waals surface area contributed by atoms with E-state index in [0.717, 1.165) is 23.2 Å². The quantitative estimate of drug-likeness (QED) is 0.910. The van der Waals surface area contributed by atoms with Gasteiger partial charge in [0.05, 0.1) is 5.92 Å². The maximum Gasteiger partial charge on any atom is 0.229 e. The van der Waals surface area contributed by atoms with Crippen LogP contribution in [0.1, 0.15) is 23.1 Å². The Bertz CT molecular complexity index is 771. The van der Waals surface area contributed by atoms with Gasteiger partial charge in [0.2, 0.25) is 11.8 Å². The normalized spacial score (nSPS) is 17.0. The fraction of sp³-hybridized carbons (Fsp3) is 0.333. The lowest BCUT2D eigenvalue weighted by molar-refractivity contribution is -0.128. The van der Waals surface area contributed by atoms with Crippen LogP contribution in [0.5, 0.6) is 0 Å². The van der Waals surface area contributed by atoms with Crippen LogP contribution in [0.3, 0.4) is 0 Å². The van der Waals surface area contributed by atoms with Crippen LogP contribution in [0.4, 0.5) is 5.69 Å². The highest BCUT2D eigenvalue weighted by molar-refractivity contribution is 5.97. The van der Waals surface area contributed by atoms with Crippen molar-refractivity contribution in [1.29, 1.82) is 0 Å². The number of anilines is 1. The van der Waals surface area contributed by atoms with Gasteiger partial charge in [0.25, 0.3) is 0 Å². The number of likely N-dealkylation sites (tertiary alicyclic amines) is 1. The molecule has 0 bridgehead atoms. The zero-order valence-electron chi connectivity index (χ0n) is 14.8. The molecule has 1 heterocycles. The van der Waals surface area contributed by atoms with Crippen molar-refractivity contribution in [3.05, 3.63) is 65.2 Å². The van der Waals surface area contributed by atoms with Crippen LogP contribution in [0, 0.1) is 19.8 Å². The number of nitrogens with one attached hydrogen (secondary N) is 1. The predicted octanol–water partition coefficient (Wildman–Crippen LogP) is 3.33. The van der Waals surface area contributed by atoms with E-state index in [4.69, 9.17) is 0 Å². The summed E-state index contributed by atoms with van der Waals surface area (Å²) in [5.41, 5.74) is 4.25. The summed E-state index contributed by atoms with van der Waals surface area (Å²) in [4.78, 5) is 26.6. The van der Waals surface area contributed by atoms with E-state index < -0.39 is 0 Å². The first-order chi connectivity index (χ1) is 12.0. The SMILES string of the molecule is Cc1cccc(NC(=O)[C@H]2CC(=O)N(CCc3ccccc3)C2)c1C. The van der Waals surface area contributed by atoms with Gasteiger partial charge in [-0.25, -0.2) is 0 Å². The minimum Gasteiger partial charge on any atom is -0.342 e. The molecule has 0 radical (unpaired) electrons. The lowest BCUT2D eigenvalue weighted by Gasteiger charge is -2.17. The number of carbonyl (C=O) groups excluding carboxylic acids is 2. The fourth-order valence-corrected chi connectivity index (χ4v) is 3.19. The minimum absolute atomic E-state index is 0.0655. The summed E-state index contributed by atoms with van der Waals surface area (Å²) in [5.74, 6) is -0.274. The van der Waals surface area contributed by atoms with Crippen molar-refractivity contribution in [3.63, 3.8) is 0 Å². The maximum absolute atomic E-state index is 12.6. The van der Waals surface area contributed by atoms with Crippen molar-refractivity contribution in [3.8, 4) is 0 Å². The molecule has 2 aromatic carbocycles. The van der Waals surface area contributed by atoms with Crippen LogP contribution in [-0.4, -0.2) is 29.8 Å². The molecule has 0 aromatic heterocycles. The molecule has 2 aromatic rings. The summed E-state index contributed by atoms with van der Waals surface area (Å²) in [5, 5.41) is 2.99. The molecule has 1 N–H and O–H groups in total. The van der Waals surface area contributed by atoms with E-state index in [1.165, 1.54) is 5.56 Å². The van der Waals surface area contributed by atoms with Gasteiger partial charge in [0.1, 0.15) is 0 Å². The van der Waals surface area contributed by atoms with Crippen molar-refractivity contribution in [1.82, 2.24) is 4.90 Å². The molecular weight excluding hydrogens is 312 g/mol. The Morgan fingerprint density at radius 3 is 2.64 bits per heavy atom. The minimum atomic E-state index is -0.275. The average Bonchev–Trinajstić information content (AvgIpc) is 2.99. The van der Waals surface area contributed by atoms with E-state index in [-0.39, 0.29) is 17.7 Å². The van der Waals surface area contributed by atoms with Crippen LogP contribution < -0.4 is 5.32 Å². The molecule has 4 heteroatoms. The molecule has 4 nitrogen and oxygen atoms in total. The van der Waals surface area contributed by atoms with E-state index >= 15 is 0 Å². The molecule has 1 aliphatic heterocycles. The van der Waals surface area contributed by atoms with Gasteiger partial charge in [-0.15, -0.1) is 0 Å². The summed E-state index contributed by atoms with van der Waals surface area (Å²) < 4.78 is 0. The summed E-state index contributed by atoms with van der Waals surface area (Å²) >= 11 is 0. The first-order valence-corrected chi connectivity index (χ1v) is 8.73. The molecule has 1 saturated heterocycles. The lowest BCUT2D eigenvalue weighted by Crippen LogP contribution is -2.30. The molecule has 3 rings (SSSR count). The monoisotopic (exact) mass is 336 g/mol. The fourth-order valence-electron chi connectivity index (χ4n) is 3.19. The van der Waals surface area contributed by atoms with Crippen molar-refractivity contribution in [2.45, 2.75) is 26.7 Å². The molecule has 0 aliphatic carbocycles. The first-order valence-electron chi connectivity index (χ1n) is 8.73. The number of benzene rings is 2. The summed E-state index contributed by atoms with van der Waals surface area (Å²) in [6, 6.07) is 16.0. The number of aryl methyl sites for hydroxylation is 1. The molecule has 0 saturated carbocycles. The summed E-state index contributed by atoms with van der Waals surface area (Å²) in [6.07, 6.45) is 1.11. The van der Waals surface area contributed by atoms with Crippen LogP contribution >= 0.6 is 0 Å². The van der Waals surface area contributed by atoms with Gasteiger partial charge in [-0.3, -0.25) is 9.59 Å². The second kappa shape index (κ2) is 7.51. The van der Waals surface area contributed by atoms with Crippen LogP contribution in [-0.2, 0) is 16.0 Å². The number of hydrogen-bond acceptors (Lipinski definition) is 2. The Labute approximate surface area is 148 Å². The van der Waals surface area contributed by atoms with E-state index in [9.17, 15) is 9.59 Å². The number of carbonyl (C=O) groups is 2. The van der Waals surface area contributed by atoms with Crippen molar-refractivity contribution in [2.75, 3.05) is 18.4 Å². The van der Waals surface area contributed by atoms with Crippen LogP contribution in [0.25, 0.3) is 0 Å². The van der Waals surface area contributed by atoms with E-state index in [1.807, 2.05) is 50.2 Å². The van der Waals surface area contributed by atoms with Gasteiger partial charge in [0, 0.05) is 25.2 Å². The van der Waals surface area contributed by atoms with Crippen LogP contribution in [0.15, 0.2) is 48.5 Å².